The lowest BCUT2D eigenvalue weighted by Gasteiger charge is -2.54. The predicted molar refractivity (Wildman–Crippen MR) is 96.2 cm³/mol. The van der Waals surface area contributed by atoms with Gasteiger partial charge in [0.05, 0.1) is 10.3 Å². The highest BCUT2D eigenvalue weighted by molar-refractivity contribution is 7.89. The van der Waals surface area contributed by atoms with E-state index in [2.05, 4.69) is 13.8 Å². The number of carbonyl (C=O) groups is 1. The maximum Gasteiger partial charge on any atom is 0.243 e. The number of carbonyl (C=O) groups excluding carboxylic acids is 1. The lowest BCUT2D eigenvalue weighted by atomic mass is 9.48. The molecule has 0 aromatic heterocycles. The lowest BCUT2D eigenvalue weighted by molar-refractivity contribution is -0.148. The molecule has 4 rings (SSSR count). The van der Waals surface area contributed by atoms with Crippen molar-refractivity contribution < 1.29 is 13.2 Å². The number of rotatable bonds is 3. The molecule has 2 N–H and O–H groups in total. The van der Waals surface area contributed by atoms with Crippen LogP contribution in [0.5, 0.6) is 0 Å². The minimum absolute atomic E-state index is 0.0206. The maximum atomic E-state index is 13.1. The van der Waals surface area contributed by atoms with E-state index < -0.39 is 15.4 Å². The molecule has 2 atom stereocenters. The van der Waals surface area contributed by atoms with Crippen molar-refractivity contribution in [3.63, 3.8) is 0 Å². The fraction of sp³-hybridized carbons (Fsp3) is 0.421. The second-order valence-corrected chi connectivity index (χ2v) is 9.98. The number of benzene rings is 2. The van der Waals surface area contributed by atoms with Gasteiger partial charge in [0.1, 0.15) is 0 Å². The van der Waals surface area contributed by atoms with Crippen molar-refractivity contribution in [1.82, 2.24) is 4.31 Å². The molecule has 132 valence electrons. The second-order valence-electron chi connectivity index (χ2n) is 8.04. The van der Waals surface area contributed by atoms with E-state index in [1.807, 2.05) is 30.3 Å². The average molecular weight is 358 g/mol. The predicted octanol–water partition coefficient (Wildman–Crippen LogP) is 2.36. The van der Waals surface area contributed by atoms with Gasteiger partial charge in [-0.3, -0.25) is 4.79 Å². The van der Waals surface area contributed by atoms with E-state index in [9.17, 15) is 13.2 Å². The molecule has 1 saturated carbocycles. The monoisotopic (exact) mass is 358 g/mol. The fourth-order valence-corrected chi connectivity index (χ4v) is 6.40. The van der Waals surface area contributed by atoms with Crippen molar-refractivity contribution in [2.45, 2.75) is 25.2 Å². The van der Waals surface area contributed by atoms with Crippen LogP contribution in [0.25, 0.3) is 10.8 Å². The molecule has 0 radical (unpaired) electrons. The van der Waals surface area contributed by atoms with Crippen molar-refractivity contribution in [3.8, 4) is 0 Å². The summed E-state index contributed by atoms with van der Waals surface area (Å²) in [4.78, 5) is 12.3. The Hall–Kier alpha value is -1.92. The molecule has 1 aliphatic carbocycles. The molecule has 1 amide bonds. The smallest absolute Gasteiger partial charge is 0.243 e. The lowest BCUT2D eigenvalue weighted by Crippen LogP contribution is -2.59. The van der Waals surface area contributed by atoms with Gasteiger partial charge in [-0.25, -0.2) is 8.42 Å². The summed E-state index contributed by atoms with van der Waals surface area (Å²) in [6, 6.07) is 12.8. The average Bonchev–Trinajstić information content (AvgIpc) is 2.91. The molecule has 0 unspecified atom stereocenters. The zero-order valence-corrected chi connectivity index (χ0v) is 15.2. The molecule has 5 nitrogen and oxygen atoms in total. The third-order valence-corrected chi connectivity index (χ3v) is 7.88. The first kappa shape index (κ1) is 16.5. The van der Waals surface area contributed by atoms with Gasteiger partial charge in [0.15, 0.2) is 0 Å². The van der Waals surface area contributed by atoms with Crippen LogP contribution < -0.4 is 5.73 Å². The zero-order valence-electron chi connectivity index (χ0n) is 14.4. The number of hydrogen-bond donors (Lipinski definition) is 1. The van der Waals surface area contributed by atoms with Crippen LogP contribution in [0.15, 0.2) is 47.4 Å². The third kappa shape index (κ3) is 2.24. The number of amides is 1. The number of primary amides is 1. The number of sulfonamides is 1. The summed E-state index contributed by atoms with van der Waals surface area (Å²) in [6.07, 6.45) is 0.643. The molecule has 2 fully saturated rings. The molecule has 2 aromatic carbocycles. The van der Waals surface area contributed by atoms with Gasteiger partial charge in [-0.2, -0.15) is 4.31 Å². The van der Waals surface area contributed by atoms with Crippen LogP contribution in [0, 0.1) is 16.7 Å². The quantitative estimate of drug-likeness (QED) is 0.914. The topological polar surface area (TPSA) is 80.5 Å². The first-order valence-electron chi connectivity index (χ1n) is 8.46. The summed E-state index contributed by atoms with van der Waals surface area (Å²) in [5.74, 6) is -0.402. The van der Waals surface area contributed by atoms with E-state index in [1.165, 1.54) is 4.31 Å². The summed E-state index contributed by atoms with van der Waals surface area (Å²) in [6.45, 7) is 4.69. The molecular formula is C19H22N2O3S. The first-order valence-corrected chi connectivity index (χ1v) is 9.90. The minimum Gasteiger partial charge on any atom is -0.369 e. The van der Waals surface area contributed by atoms with E-state index in [1.54, 1.807) is 12.1 Å². The Kier molecular flexibility index (Phi) is 3.34. The van der Waals surface area contributed by atoms with Crippen LogP contribution in [0.3, 0.4) is 0 Å². The van der Waals surface area contributed by atoms with Gasteiger partial charge in [-0.1, -0.05) is 44.2 Å². The Balaban J connectivity index is 1.72. The molecule has 1 heterocycles. The summed E-state index contributed by atoms with van der Waals surface area (Å²) in [7, 11) is -3.65. The highest BCUT2D eigenvalue weighted by Crippen LogP contribution is 2.63. The zero-order chi connectivity index (χ0) is 18.0. The second kappa shape index (κ2) is 5.05. The standard InChI is InChI=1S/C19H22N2O3S/c1-18(2)11-19(17(20)22)12-21(10-16(18)19)25(23,24)15-8-7-13-5-3-4-6-14(13)9-15/h3-9,16H,10-12H2,1-2H3,(H2,20,22)/t16-,19+/m1/s1. The summed E-state index contributed by atoms with van der Waals surface area (Å²) >= 11 is 0. The van der Waals surface area contributed by atoms with E-state index in [4.69, 9.17) is 5.73 Å². The van der Waals surface area contributed by atoms with Gasteiger partial charge in [0, 0.05) is 13.1 Å². The van der Waals surface area contributed by atoms with Gasteiger partial charge < -0.3 is 5.73 Å². The van der Waals surface area contributed by atoms with Crippen LogP contribution >= 0.6 is 0 Å². The van der Waals surface area contributed by atoms with E-state index in [0.29, 0.717) is 13.0 Å². The Bertz CT molecular complexity index is 983. The highest BCUT2D eigenvalue weighted by Gasteiger charge is 2.67. The number of nitrogens with two attached hydrogens (primary N) is 1. The van der Waals surface area contributed by atoms with Crippen molar-refractivity contribution >= 4 is 26.7 Å². The SMILES string of the molecule is CC1(C)C[C@]2(C(N)=O)CN(S(=O)(=O)c3ccc4ccccc4c3)C[C@H]12. The number of hydrogen-bond acceptors (Lipinski definition) is 3. The van der Waals surface area contributed by atoms with Crippen LogP contribution in [-0.4, -0.2) is 31.7 Å². The van der Waals surface area contributed by atoms with Gasteiger partial charge in [-0.15, -0.1) is 0 Å². The van der Waals surface area contributed by atoms with E-state index in [0.717, 1.165) is 10.8 Å². The first-order chi connectivity index (χ1) is 11.7. The normalized spacial score (nSPS) is 28.5. The van der Waals surface area contributed by atoms with Crippen LogP contribution in [0.4, 0.5) is 0 Å². The van der Waals surface area contributed by atoms with Crippen LogP contribution in [0.2, 0.25) is 0 Å². The molecule has 2 aromatic rings. The maximum absolute atomic E-state index is 13.1. The van der Waals surface area contributed by atoms with E-state index >= 15 is 0 Å². The minimum atomic E-state index is -3.65. The van der Waals surface area contributed by atoms with Crippen molar-refractivity contribution in [2.24, 2.45) is 22.5 Å². The van der Waals surface area contributed by atoms with Gasteiger partial charge >= 0.3 is 0 Å². The molecule has 0 bridgehead atoms. The van der Waals surface area contributed by atoms with E-state index in [-0.39, 0.29) is 28.7 Å². The Morgan fingerprint density at radius 3 is 2.44 bits per heavy atom. The molecular weight excluding hydrogens is 336 g/mol. The fourth-order valence-electron chi connectivity index (χ4n) is 4.84. The largest absolute Gasteiger partial charge is 0.369 e. The highest BCUT2D eigenvalue weighted by atomic mass is 32.2. The Morgan fingerprint density at radius 1 is 1.16 bits per heavy atom. The Labute approximate surface area is 147 Å². The molecule has 6 heteroatoms. The molecule has 25 heavy (non-hydrogen) atoms. The van der Waals surface area contributed by atoms with Crippen molar-refractivity contribution in [3.05, 3.63) is 42.5 Å². The number of fused-ring (bicyclic) bond motifs is 2. The molecule has 0 spiro atoms. The van der Waals surface area contributed by atoms with Gasteiger partial charge in [-0.05, 0) is 40.7 Å². The van der Waals surface area contributed by atoms with Crippen molar-refractivity contribution in [1.29, 1.82) is 0 Å². The summed E-state index contributed by atoms with van der Waals surface area (Å²) < 4.78 is 27.7. The van der Waals surface area contributed by atoms with Crippen LogP contribution in [-0.2, 0) is 14.8 Å². The van der Waals surface area contributed by atoms with Gasteiger partial charge in [0.25, 0.3) is 0 Å². The molecule has 1 saturated heterocycles. The number of nitrogens with zero attached hydrogens (tertiary/aromatic N) is 1. The van der Waals surface area contributed by atoms with Gasteiger partial charge in [0.2, 0.25) is 15.9 Å². The third-order valence-electron chi connectivity index (χ3n) is 6.08. The summed E-state index contributed by atoms with van der Waals surface area (Å²) in [5, 5.41) is 1.88. The molecule has 1 aliphatic heterocycles. The summed E-state index contributed by atoms with van der Waals surface area (Å²) in [5.41, 5.74) is 4.87. The molecule has 2 aliphatic rings. The van der Waals surface area contributed by atoms with Crippen molar-refractivity contribution in [2.75, 3.05) is 13.1 Å². The van der Waals surface area contributed by atoms with Crippen LogP contribution in [0.1, 0.15) is 20.3 Å². The Morgan fingerprint density at radius 2 is 1.84 bits per heavy atom.